The van der Waals surface area contributed by atoms with Crippen LogP contribution in [0.5, 0.6) is 0 Å². The molecule has 1 aromatic rings. The lowest BCUT2D eigenvalue weighted by Crippen LogP contribution is -2.20. The molecule has 1 nitrogen and oxygen atoms in total. The largest absolute Gasteiger partial charge is 0.321 e. The molecule has 2 fully saturated rings. The fourth-order valence-corrected chi connectivity index (χ4v) is 3.54. The van der Waals surface area contributed by atoms with Gasteiger partial charge in [-0.05, 0) is 37.3 Å². The fourth-order valence-electron chi connectivity index (χ4n) is 2.05. The van der Waals surface area contributed by atoms with Crippen molar-refractivity contribution in [1.82, 2.24) is 0 Å². The highest BCUT2D eigenvalue weighted by atomic mass is 32.2. The normalized spacial score (nSPS) is 23.5. The maximum absolute atomic E-state index is 6.29. The van der Waals surface area contributed by atoms with Crippen molar-refractivity contribution in [1.29, 1.82) is 0 Å². The Balaban J connectivity index is 1.85. The number of benzene rings is 1. The lowest BCUT2D eigenvalue weighted by molar-refractivity contribution is 0.521. The Morgan fingerprint density at radius 2 is 1.93 bits per heavy atom. The van der Waals surface area contributed by atoms with Crippen molar-refractivity contribution in [3.8, 4) is 0 Å². The Kier molecular flexibility index (Phi) is 2.29. The second kappa shape index (κ2) is 3.53. The van der Waals surface area contributed by atoms with E-state index in [2.05, 4.69) is 24.3 Å². The molecule has 2 aliphatic carbocycles. The average molecular weight is 219 g/mol. The van der Waals surface area contributed by atoms with Gasteiger partial charge in [-0.1, -0.05) is 24.6 Å². The van der Waals surface area contributed by atoms with Gasteiger partial charge in [0.05, 0.1) is 0 Å². The van der Waals surface area contributed by atoms with E-state index in [-0.39, 0.29) is 5.54 Å². The Bertz CT molecular complexity index is 367. The summed E-state index contributed by atoms with van der Waals surface area (Å²) in [6.07, 6.45) is 6.51. The average Bonchev–Trinajstić information content (AvgIpc) is 2.92. The molecule has 0 amide bonds. The second-order valence-electron chi connectivity index (χ2n) is 4.82. The molecule has 2 saturated carbocycles. The smallest absolute Gasteiger partial charge is 0.0422 e. The van der Waals surface area contributed by atoms with E-state index >= 15 is 0 Å². The molecule has 80 valence electrons. The van der Waals surface area contributed by atoms with E-state index in [1.54, 1.807) is 0 Å². The van der Waals surface area contributed by atoms with Gasteiger partial charge in [-0.2, -0.15) is 0 Å². The molecule has 0 aliphatic heterocycles. The SMILES string of the molecule is NC1(c2ccccc2SC2CCC2)CC1. The molecule has 2 heteroatoms. The Hall–Kier alpha value is -0.470. The van der Waals surface area contributed by atoms with Crippen molar-refractivity contribution < 1.29 is 0 Å². The van der Waals surface area contributed by atoms with Crippen LogP contribution in [0.4, 0.5) is 0 Å². The number of rotatable bonds is 3. The van der Waals surface area contributed by atoms with Crippen molar-refractivity contribution in [3.63, 3.8) is 0 Å². The monoisotopic (exact) mass is 219 g/mol. The third kappa shape index (κ3) is 1.81. The number of hydrogen-bond donors (Lipinski definition) is 1. The quantitative estimate of drug-likeness (QED) is 0.844. The van der Waals surface area contributed by atoms with E-state index in [0.717, 1.165) is 18.1 Å². The lowest BCUT2D eigenvalue weighted by atomic mass is 10.00. The minimum atomic E-state index is 0.0212. The van der Waals surface area contributed by atoms with Gasteiger partial charge in [0.15, 0.2) is 0 Å². The molecule has 1 aromatic carbocycles. The number of thioether (sulfide) groups is 1. The minimum absolute atomic E-state index is 0.0212. The summed E-state index contributed by atoms with van der Waals surface area (Å²) in [5.74, 6) is 0. The number of hydrogen-bond acceptors (Lipinski definition) is 2. The van der Waals surface area contributed by atoms with E-state index in [0.29, 0.717) is 0 Å². The van der Waals surface area contributed by atoms with Gasteiger partial charge in [0.1, 0.15) is 0 Å². The topological polar surface area (TPSA) is 26.0 Å². The summed E-state index contributed by atoms with van der Waals surface area (Å²) in [4.78, 5) is 1.43. The molecule has 0 saturated heterocycles. The molecular formula is C13H17NS. The molecule has 0 spiro atoms. The molecular weight excluding hydrogens is 202 g/mol. The third-order valence-corrected chi connectivity index (χ3v) is 4.97. The first-order chi connectivity index (χ1) is 7.28. The van der Waals surface area contributed by atoms with Gasteiger partial charge in [0.25, 0.3) is 0 Å². The molecule has 2 N–H and O–H groups in total. The first-order valence-electron chi connectivity index (χ1n) is 5.83. The van der Waals surface area contributed by atoms with Crippen LogP contribution in [0, 0.1) is 0 Å². The maximum Gasteiger partial charge on any atom is 0.0422 e. The molecule has 0 atom stereocenters. The van der Waals surface area contributed by atoms with Crippen LogP contribution in [-0.2, 0) is 5.54 Å². The standard InChI is InChI=1S/C13H17NS/c14-13(8-9-13)11-6-1-2-7-12(11)15-10-4-3-5-10/h1-2,6-7,10H,3-5,8-9,14H2. The molecule has 0 bridgehead atoms. The van der Waals surface area contributed by atoms with Gasteiger partial charge in [0, 0.05) is 15.7 Å². The van der Waals surface area contributed by atoms with Crippen LogP contribution in [0.2, 0.25) is 0 Å². The molecule has 0 heterocycles. The number of nitrogens with two attached hydrogens (primary N) is 1. The zero-order valence-corrected chi connectivity index (χ0v) is 9.72. The summed E-state index contributed by atoms with van der Waals surface area (Å²) in [7, 11) is 0. The van der Waals surface area contributed by atoms with Crippen LogP contribution < -0.4 is 5.73 Å². The van der Waals surface area contributed by atoms with E-state index in [4.69, 9.17) is 5.73 Å². The zero-order valence-electron chi connectivity index (χ0n) is 8.91. The zero-order chi connectivity index (χ0) is 10.3. The Morgan fingerprint density at radius 1 is 1.20 bits per heavy atom. The Labute approximate surface area is 95.4 Å². The third-order valence-electron chi connectivity index (χ3n) is 3.56. The van der Waals surface area contributed by atoms with Crippen LogP contribution >= 0.6 is 11.8 Å². The second-order valence-corrected chi connectivity index (χ2v) is 6.17. The van der Waals surface area contributed by atoms with E-state index in [1.807, 2.05) is 11.8 Å². The summed E-state index contributed by atoms with van der Waals surface area (Å²) in [6.45, 7) is 0. The van der Waals surface area contributed by atoms with Crippen molar-refractivity contribution in [2.24, 2.45) is 5.73 Å². The molecule has 3 rings (SSSR count). The highest BCUT2D eigenvalue weighted by molar-refractivity contribution is 8.00. The van der Waals surface area contributed by atoms with Gasteiger partial charge in [-0.15, -0.1) is 11.8 Å². The van der Waals surface area contributed by atoms with E-state index < -0.39 is 0 Å². The van der Waals surface area contributed by atoms with Crippen LogP contribution in [0.15, 0.2) is 29.2 Å². The maximum atomic E-state index is 6.29. The highest BCUT2D eigenvalue weighted by Crippen LogP contribution is 2.48. The molecule has 15 heavy (non-hydrogen) atoms. The van der Waals surface area contributed by atoms with Crippen LogP contribution in [-0.4, -0.2) is 5.25 Å². The molecule has 0 unspecified atom stereocenters. The van der Waals surface area contributed by atoms with E-state index in [9.17, 15) is 0 Å². The summed E-state index contributed by atoms with van der Waals surface area (Å²) in [5, 5.41) is 0.855. The first kappa shape index (κ1) is 9.73. The van der Waals surface area contributed by atoms with Gasteiger partial charge in [-0.25, -0.2) is 0 Å². The van der Waals surface area contributed by atoms with Crippen LogP contribution in [0.3, 0.4) is 0 Å². The Morgan fingerprint density at radius 3 is 2.53 bits per heavy atom. The van der Waals surface area contributed by atoms with Crippen molar-refractivity contribution >= 4 is 11.8 Å². The lowest BCUT2D eigenvalue weighted by Gasteiger charge is -2.26. The summed E-state index contributed by atoms with van der Waals surface area (Å²) < 4.78 is 0. The van der Waals surface area contributed by atoms with E-state index in [1.165, 1.54) is 29.7 Å². The predicted molar refractivity (Wildman–Crippen MR) is 65.0 cm³/mol. The molecule has 0 aromatic heterocycles. The molecule has 0 radical (unpaired) electrons. The predicted octanol–water partition coefficient (Wildman–Crippen LogP) is 3.28. The highest BCUT2D eigenvalue weighted by Gasteiger charge is 2.41. The van der Waals surface area contributed by atoms with Crippen molar-refractivity contribution in [2.75, 3.05) is 0 Å². The van der Waals surface area contributed by atoms with Gasteiger partial charge >= 0.3 is 0 Å². The van der Waals surface area contributed by atoms with Crippen LogP contribution in [0.1, 0.15) is 37.7 Å². The van der Waals surface area contributed by atoms with Gasteiger partial charge in [-0.3, -0.25) is 0 Å². The summed E-state index contributed by atoms with van der Waals surface area (Å²) in [6, 6.07) is 8.71. The minimum Gasteiger partial charge on any atom is -0.321 e. The molecule has 2 aliphatic rings. The van der Waals surface area contributed by atoms with Crippen LogP contribution in [0.25, 0.3) is 0 Å². The van der Waals surface area contributed by atoms with Gasteiger partial charge < -0.3 is 5.73 Å². The van der Waals surface area contributed by atoms with Crippen molar-refractivity contribution in [3.05, 3.63) is 29.8 Å². The van der Waals surface area contributed by atoms with Gasteiger partial charge in [0.2, 0.25) is 0 Å². The summed E-state index contributed by atoms with van der Waals surface area (Å²) >= 11 is 2.04. The van der Waals surface area contributed by atoms with Crippen molar-refractivity contribution in [2.45, 2.75) is 47.8 Å². The summed E-state index contributed by atoms with van der Waals surface area (Å²) in [5.41, 5.74) is 7.70. The first-order valence-corrected chi connectivity index (χ1v) is 6.71. The fraction of sp³-hybridized carbons (Fsp3) is 0.538.